The minimum atomic E-state index is 0.706. The highest BCUT2D eigenvalue weighted by molar-refractivity contribution is 6.30. The number of rotatable bonds is 7. The lowest BCUT2D eigenvalue weighted by Crippen LogP contribution is -1.99. The van der Waals surface area contributed by atoms with Crippen molar-refractivity contribution in [3.63, 3.8) is 0 Å². The Labute approximate surface area is 110 Å². The van der Waals surface area contributed by atoms with Gasteiger partial charge in [-0.15, -0.1) is 0 Å². The first-order valence-corrected chi connectivity index (χ1v) is 7.18. The van der Waals surface area contributed by atoms with E-state index in [0.29, 0.717) is 6.04 Å². The van der Waals surface area contributed by atoms with Gasteiger partial charge in [0.25, 0.3) is 0 Å². The summed E-state index contributed by atoms with van der Waals surface area (Å²) in [6, 6.07) is 9.71. The molecular weight excluding hydrogens is 230 g/mol. The second-order valence-electron chi connectivity index (χ2n) is 5.06. The van der Waals surface area contributed by atoms with Crippen LogP contribution in [0.5, 0.6) is 0 Å². The van der Waals surface area contributed by atoms with Gasteiger partial charge in [0.05, 0.1) is 0 Å². The number of unbranched alkanes of at least 4 members (excludes halogenated alkanes) is 3. The van der Waals surface area contributed by atoms with E-state index < -0.39 is 0 Å². The van der Waals surface area contributed by atoms with E-state index in [1.807, 2.05) is 12.1 Å². The van der Waals surface area contributed by atoms with E-state index in [4.69, 9.17) is 11.6 Å². The van der Waals surface area contributed by atoms with Gasteiger partial charge < -0.3 is 5.32 Å². The lowest BCUT2D eigenvalue weighted by Gasteiger charge is -2.00. The van der Waals surface area contributed by atoms with Crippen molar-refractivity contribution >= 4 is 11.6 Å². The predicted molar refractivity (Wildman–Crippen MR) is 74.6 cm³/mol. The van der Waals surface area contributed by atoms with Crippen molar-refractivity contribution in [2.24, 2.45) is 0 Å². The first-order chi connectivity index (χ1) is 8.29. The van der Waals surface area contributed by atoms with Gasteiger partial charge in [-0.25, -0.2) is 0 Å². The smallest absolute Gasteiger partial charge is 0.0406 e. The zero-order valence-corrected chi connectivity index (χ0v) is 11.3. The Balaban J connectivity index is 1.64. The van der Waals surface area contributed by atoms with Gasteiger partial charge >= 0.3 is 0 Å². The van der Waals surface area contributed by atoms with Gasteiger partial charge in [0, 0.05) is 17.1 Å². The molecule has 1 saturated heterocycles. The Bertz CT molecular complexity index is 333. The van der Waals surface area contributed by atoms with E-state index >= 15 is 0 Å². The highest BCUT2D eigenvalue weighted by Crippen LogP contribution is 2.23. The topological polar surface area (TPSA) is 21.9 Å². The molecule has 0 radical (unpaired) electrons. The molecule has 1 fully saturated rings. The lowest BCUT2D eigenvalue weighted by atomic mass is 10.0. The van der Waals surface area contributed by atoms with Gasteiger partial charge in [0.1, 0.15) is 0 Å². The fourth-order valence-electron chi connectivity index (χ4n) is 2.37. The Hall–Kier alpha value is -0.530. The normalized spacial score (nSPS) is 22.7. The summed E-state index contributed by atoms with van der Waals surface area (Å²) in [4.78, 5) is 0. The van der Waals surface area contributed by atoms with E-state index in [1.165, 1.54) is 37.7 Å². The van der Waals surface area contributed by atoms with Crippen LogP contribution in [0.15, 0.2) is 24.3 Å². The second-order valence-corrected chi connectivity index (χ2v) is 5.50. The van der Waals surface area contributed by atoms with Crippen LogP contribution in [-0.2, 0) is 6.42 Å². The summed E-state index contributed by atoms with van der Waals surface area (Å²) in [7, 11) is 0. The van der Waals surface area contributed by atoms with Crippen molar-refractivity contribution in [2.45, 2.75) is 57.5 Å². The maximum Gasteiger partial charge on any atom is 0.0406 e. The van der Waals surface area contributed by atoms with Crippen molar-refractivity contribution in [3.8, 4) is 0 Å². The van der Waals surface area contributed by atoms with Crippen LogP contribution in [0.4, 0.5) is 0 Å². The predicted octanol–water partition coefficient (Wildman–Crippen LogP) is 4.19. The van der Waals surface area contributed by atoms with Crippen LogP contribution in [0.2, 0.25) is 5.02 Å². The quantitative estimate of drug-likeness (QED) is 0.570. The highest BCUT2D eigenvalue weighted by atomic mass is 35.5. The molecule has 2 atom stereocenters. The van der Waals surface area contributed by atoms with Crippen molar-refractivity contribution in [1.82, 2.24) is 5.32 Å². The number of hydrogen-bond acceptors (Lipinski definition) is 1. The SMILES string of the molecule is CCCCCCC1NC1Cc1ccc(Cl)cc1. The van der Waals surface area contributed by atoms with Crippen molar-refractivity contribution in [1.29, 1.82) is 0 Å². The molecule has 0 aromatic heterocycles. The fraction of sp³-hybridized carbons (Fsp3) is 0.600. The molecule has 0 bridgehead atoms. The average molecular weight is 252 g/mol. The average Bonchev–Trinajstić information content (AvgIpc) is 3.06. The second kappa shape index (κ2) is 6.42. The zero-order valence-electron chi connectivity index (χ0n) is 10.6. The molecule has 1 aliphatic heterocycles. The Morgan fingerprint density at radius 3 is 2.53 bits per heavy atom. The first kappa shape index (κ1) is 12.9. The Morgan fingerprint density at radius 1 is 1.06 bits per heavy atom. The first-order valence-electron chi connectivity index (χ1n) is 6.80. The van der Waals surface area contributed by atoms with Crippen LogP contribution in [0, 0.1) is 0 Å². The van der Waals surface area contributed by atoms with E-state index in [2.05, 4.69) is 24.4 Å². The van der Waals surface area contributed by atoms with E-state index in [-0.39, 0.29) is 0 Å². The molecule has 1 N–H and O–H groups in total. The van der Waals surface area contributed by atoms with Gasteiger partial charge in [-0.2, -0.15) is 0 Å². The van der Waals surface area contributed by atoms with Crippen LogP contribution in [0.25, 0.3) is 0 Å². The molecule has 2 heteroatoms. The molecule has 0 amide bonds. The minimum absolute atomic E-state index is 0.706. The van der Waals surface area contributed by atoms with Crippen molar-refractivity contribution in [2.75, 3.05) is 0 Å². The van der Waals surface area contributed by atoms with Gasteiger partial charge in [0.2, 0.25) is 0 Å². The van der Waals surface area contributed by atoms with Crippen LogP contribution in [0.1, 0.15) is 44.6 Å². The van der Waals surface area contributed by atoms with Crippen LogP contribution >= 0.6 is 11.6 Å². The summed E-state index contributed by atoms with van der Waals surface area (Å²) in [5.74, 6) is 0. The lowest BCUT2D eigenvalue weighted by molar-refractivity contribution is 0.620. The molecular formula is C15H22ClN. The van der Waals surface area contributed by atoms with Crippen LogP contribution in [-0.4, -0.2) is 12.1 Å². The molecule has 0 saturated carbocycles. The Kier molecular flexibility index (Phi) is 4.87. The third-order valence-electron chi connectivity index (χ3n) is 3.54. The largest absolute Gasteiger partial charge is 0.308 e. The van der Waals surface area contributed by atoms with E-state index in [1.54, 1.807) is 0 Å². The molecule has 2 unspecified atom stereocenters. The zero-order chi connectivity index (χ0) is 12.1. The molecule has 1 heterocycles. The van der Waals surface area contributed by atoms with E-state index in [0.717, 1.165) is 17.5 Å². The number of benzene rings is 1. The molecule has 1 aliphatic rings. The molecule has 1 nitrogen and oxygen atoms in total. The van der Waals surface area contributed by atoms with Crippen molar-refractivity contribution < 1.29 is 0 Å². The molecule has 1 aromatic rings. The van der Waals surface area contributed by atoms with Crippen molar-refractivity contribution in [3.05, 3.63) is 34.9 Å². The fourth-order valence-corrected chi connectivity index (χ4v) is 2.50. The molecule has 94 valence electrons. The van der Waals surface area contributed by atoms with E-state index in [9.17, 15) is 0 Å². The number of nitrogens with one attached hydrogen (secondary N) is 1. The molecule has 0 aliphatic carbocycles. The van der Waals surface area contributed by atoms with Gasteiger partial charge in [-0.05, 0) is 30.5 Å². The van der Waals surface area contributed by atoms with Crippen LogP contribution in [0.3, 0.4) is 0 Å². The summed E-state index contributed by atoms with van der Waals surface area (Å²) in [5.41, 5.74) is 1.39. The van der Waals surface area contributed by atoms with Gasteiger partial charge in [0.15, 0.2) is 0 Å². The monoisotopic (exact) mass is 251 g/mol. The maximum atomic E-state index is 5.88. The van der Waals surface area contributed by atoms with Gasteiger partial charge in [-0.1, -0.05) is 56.3 Å². The summed E-state index contributed by atoms with van der Waals surface area (Å²) in [6.07, 6.45) is 7.97. The third kappa shape index (κ3) is 4.33. The summed E-state index contributed by atoms with van der Waals surface area (Å²) in [6.45, 7) is 2.26. The number of hydrogen-bond donors (Lipinski definition) is 1. The summed E-state index contributed by atoms with van der Waals surface area (Å²) < 4.78 is 0. The minimum Gasteiger partial charge on any atom is -0.308 e. The highest BCUT2D eigenvalue weighted by Gasteiger charge is 2.34. The van der Waals surface area contributed by atoms with Gasteiger partial charge in [-0.3, -0.25) is 0 Å². The summed E-state index contributed by atoms with van der Waals surface area (Å²) in [5, 5.41) is 4.40. The molecule has 17 heavy (non-hydrogen) atoms. The Morgan fingerprint density at radius 2 is 1.82 bits per heavy atom. The maximum absolute atomic E-state index is 5.88. The number of halogens is 1. The standard InChI is InChI=1S/C15H22ClN/c1-2-3-4-5-6-14-15(17-14)11-12-7-9-13(16)10-8-12/h7-10,14-15,17H,2-6,11H2,1H3. The summed E-state index contributed by atoms with van der Waals surface area (Å²) >= 11 is 5.88. The molecule has 0 spiro atoms. The van der Waals surface area contributed by atoms with Crippen LogP contribution < -0.4 is 5.32 Å². The third-order valence-corrected chi connectivity index (χ3v) is 3.79. The molecule has 2 rings (SSSR count). The molecule has 1 aromatic carbocycles.